The topological polar surface area (TPSA) is 63.5 Å². The number of nitrogens with one attached hydrogen (secondary N) is 1. The maximum atomic E-state index is 12.9. The molecule has 5 nitrogen and oxygen atoms in total. The normalized spacial score (nSPS) is 10.9. The van der Waals surface area contributed by atoms with Crippen LogP contribution in [-0.4, -0.2) is 15.3 Å². The van der Waals surface area contributed by atoms with E-state index in [9.17, 15) is 14.0 Å². The molecule has 3 rings (SSSR count). The van der Waals surface area contributed by atoms with E-state index >= 15 is 0 Å². The molecule has 23 heavy (non-hydrogen) atoms. The predicted octanol–water partition coefficient (Wildman–Crippen LogP) is 2.69. The fraction of sp³-hybridized carbons (Fsp3) is 0.188. The zero-order valence-corrected chi connectivity index (χ0v) is 13.4. The molecule has 0 unspecified atom stereocenters. The second-order valence-corrected chi connectivity index (χ2v) is 6.06. The van der Waals surface area contributed by atoms with Crippen molar-refractivity contribution in [3.8, 4) is 0 Å². The highest BCUT2D eigenvalue weighted by molar-refractivity contribution is 7.15. The van der Waals surface area contributed by atoms with Gasteiger partial charge in [0.15, 0.2) is 4.96 Å². The lowest BCUT2D eigenvalue weighted by Crippen LogP contribution is -2.25. The third kappa shape index (κ3) is 3.00. The van der Waals surface area contributed by atoms with Crippen molar-refractivity contribution in [1.29, 1.82) is 0 Å². The van der Waals surface area contributed by atoms with Crippen LogP contribution in [0.15, 0.2) is 34.4 Å². The first-order chi connectivity index (χ1) is 11.0. The van der Waals surface area contributed by atoms with Crippen molar-refractivity contribution in [2.24, 2.45) is 0 Å². The Bertz CT molecular complexity index is 944. The molecule has 7 heteroatoms. The Morgan fingerprint density at radius 2 is 2.00 bits per heavy atom. The number of carbonyl (C=O) groups is 1. The lowest BCUT2D eigenvalue weighted by Gasteiger charge is -2.08. The second kappa shape index (κ2) is 5.92. The van der Waals surface area contributed by atoms with Gasteiger partial charge in [-0.25, -0.2) is 9.37 Å². The summed E-state index contributed by atoms with van der Waals surface area (Å²) in [5, 5.41) is 4.47. The van der Waals surface area contributed by atoms with Gasteiger partial charge in [0.1, 0.15) is 11.5 Å². The lowest BCUT2D eigenvalue weighted by atomic mass is 10.1. The number of amides is 1. The third-order valence-corrected chi connectivity index (χ3v) is 4.41. The van der Waals surface area contributed by atoms with E-state index in [0.717, 1.165) is 5.69 Å². The summed E-state index contributed by atoms with van der Waals surface area (Å²) in [6, 6.07) is 5.67. The molecule has 1 aromatic carbocycles. The highest BCUT2D eigenvalue weighted by atomic mass is 32.1. The molecule has 0 radical (unpaired) electrons. The van der Waals surface area contributed by atoms with E-state index in [-0.39, 0.29) is 29.4 Å². The zero-order chi connectivity index (χ0) is 16.6. The smallest absolute Gasteiger partial charge is 0.282 e. The summed E-state index contributed by atoms with van der Waals surface area (Å²) in [6.45, 7) is 3.50. The van der Waals surface area contributed by atoms with Crippen LogP contribution in [0.2, 0.25) is 0 Å². The summed E-state index contributed by atoms with van der Waals surface area (Å²) in [5.74, 6) is -0.697. The SMILES string of the molecule is Cc1nc2scc(C)n2c(=O)c1NC(=O)Cc1ccc(F)cc1. The van der Waals surface area contributed by atoms with Crippen LogP contribution in [0.25, 0.3) is 4.96 Å². The molecular formula is C16H14FN3O2S. The number of hydrogen-bond acceptors (Lipinski definition) is 4. The van der Waals surface area contributed by atoms with Gasteiger partial charge < -0.3 is 5.32 Å². The lowest BCUT2D eigenvalue weighted by molar-refractivity contribution is -0.115. The second-order valence-electron chi connectivity index (χ2n) is 5.22. The van der Waals surface area contributed by atoms with E-state index in [1.165, 1.54) is 27.9 Å². The molecule has 0 bridgehead atoms. The number of anilines is 1. The number of thiazole rings is 1. The van der Waals surface area contributed by atoms with Gasteiger partial charge in [0.05, 0.1) is 12.1 Å². The molecule has 0 saturated carbocycles. The first-order valence-corrected chi connectivity index (χ1v) is 7.85. The summed E-state index contributed by atoms with van der Waals surface area (Å²) in [5.41, 5.74) is 1.80. The van der Waals surface area contributed by atoms with Gasteiger partial charge in [0, 0.05) is 11.1 Å². The Balaban J connectivity index is 1.88. The minimum absolute atomic E-state index is 0.0600. The molecule has 0 spiro atoms. The standard InChI is InChI=1S/C16H14FN3O2S/c1-9-8-23-16-18-10(2)14(15(22)20(9)16)19-13(21)7-11-3-5-12(17)6-4-11/h3-6,8H,7H2,1-2H3,(H,19,21). The molecule has 0 saturated heterocycles. The van der Waals surface area contributed by atoms with Crippen molar-refractivity contribution in [3.05, 3.63) is 62.8 Å². The van der Waals surface area contributed by atoms with Crippen molar-refractivity contribution in [2.45, 2.75) is 20.3 Å². The highest BCUT2D eigenvalue weighted by Gasteiger charge is 2.15. The van der Waals surface area contributed by atoms with Gasteiger partial charge in [-0.15, -0.1) is 11.3 Å². The van der Waals surface area contributed by atoms with Gasteiger partial charge in [0.25, 0.3) is 5.56 Å². The number of nitrogens with zero attached hydrogens (tertiary/aromatic N) is 2. The predicted molar refractivity (Wildman–Crippen MR) is 87.5 cm³/mol. The third-order valence-electron chi connectivity index (χ3n) is 3.46. The summed E-state index contributed by atoms with van der Waals surface area (Å²) in [6.07, 6.45) is 0.0600. The van der Waals surface area contributed by atoms with E-state index in [2.05, 4.69) is 10.3 Å². The maximum Gasteiger partial charge on any atom is 0.282 e. The van der Waals surface area contributed by atoms with Crippen LogP contribution >= 0.6 is 11.3 Å². The van der Waals surface area contributed by atoms with Crippen molar-refractivity contribution < 1.29 is 9.18 Å². The number of carbonyl (C=O) groups excluding carboxylic acids is 1. The number of halogens is 1. The monoisotopic (exact) mass is 331 g/mol. The molecule has 2 aromatic heterocycles. The van der Waals surface area contributed by atoms with Crippen LogP contribution in [-0.2, 0) is 11.2 Å². The maximum absolute atomic E-state index is 12.9. The summed E-state index contributed by atoms with van der Waals surface area (Å²) < 4.78 is 14.4. The Hall–Kier alpha value is -2.54. The molecule has 0 fully saturated rings. The number of aromatic nitrogens is 2. The van der Waals surface area contributed by atoms with Crippen molar-refractivity contribution in [2.75, 3.05) is 5.32 Å². The van der Waals surface area contributed by atoms with Crippen molar-refractivity contribution in [1.82, 2.24) is 9.38 Å². The quantitative estimate of drug-likeness (QED) is 0.802. The summed E-state index contributed by atoms with van der Waals surface area (Å²) >= 11 is 1.38. The van der Waals surface area contributed by atoms with E-state index in [1.807, 2.05) is 12.3 Å². The van der Waals surface area contributed by atoms with Gasteiger partial charge in [0.2, 0.25) is 5.91 Å². The molecule has 0 aliphatic carbocycles. The molecule has 0 aliphatic heterocycles. The Labute approximate surface area is 135 Å². The zero-order valence-electron chi connectivity index (χ0n) is 12.6. The van der Waals surface area contributed by atoms with Crippen molar-refractivity contribution in [3.63, 3.8) is 0 Å². The fourth-order valence-electron chi connectivity index (χ4n) is 2.30. The van der Waals surface area contributed by atoms with Crippen LogP contribution in [0, 0.1) is 19.7 Å². The van der Waals surface area contributed by atoms with Gasteiger partial charge in [-0.1, -0.05) is 12.1 Å². The van der Waals surface area contributed by atoms with Crippen LogP contribution in [0.4, 0.5) is 10.1 Å². The number of benzene rings is 1. The highest BCUT2D eigenvalue weighted by Crippen LogP contribution is 2.16. The number of hydrogen-bond donors (Lipinski definition) is 1. The largest absolute Gasteiger partial charge is 0.320 e. The molecule has 2 heterocycles. The molecule has 0 aliphatic rings. The molecule has 118 valence electrons. The minimum Gasteiger partial charge on any atom is -0.320 e. The van der Waals surface area contributed by atoms with Crippen LogP contribution in [0.1, 0.15) is 17.0 Å². The Morgan fingerprint density at radius 3 is 2.70 bits per heavy atom. The Kier molecular flexibility index (Phi) is 3.96. The first kappa shape index (κ1) is 15.4. The van der Waals surface area contributed by atoms with E-state index < -0.39 is 0 Å². The number of rotatable bonds is 3. The Morgan fingerprint density at radius 1 is 1.30 bits per heavy atom. The molecule has 0 atom stereocenters. The van der Waals surface area contributed by atoms with Gasteiger partial charge in [-0.05, 0) is 31.5 Å². The first-order valence-electron chi connectivity index (χ1n) is 6.97. The fourth-order valence-corrected chi connectivity index (χ4v) is 3.20. The summed E-state index contributed by atoms with van der Waals surface area (Å²) in [7, 11) is 0. The van der Waals surface area contributed by atoms with E-state index in [1.54, 1.807) is 19.1 Å². The van der Waals surface area contributed by atoms with Gasteiger partial charge in [-0.3, -0.25) is 14.0 Å². The molecule has 1 amide bonds. The number of fused-ring (bicyclic) bond motifs is 1. The van der Waals surface area contributed by atoms with E-state index in [4.69, 9.17) is 0 Å². The average Bonchev–Trinajstić information content (AvgIpc) is 2.87. The molecule has 1 N–H and O–H groups in total. The average molecular weight is 331 g/mol. The summed E-state index contributed by atoms with van der Waals surface area (Å²) in [4.78, 5) is 29.6. The van der Waals surface area contributed by atoms with Crippen LogP contribution in [0.5, 0.6) is 0 Å². The van der Waals surface area contributed by atoms with Crippen LogP contribution in [0.3, 0.4) is 0 Å². The number of aryl methyl sites for hydroxylation is 2. The minimum atomic E-state index is -0.356. The molecule has 3 aromatic rings. The van der Waals surface area contributed by atoms with Gasteiger partial charge >= 0.3 is 0 Å². The molecular weight excluding hydrogens is 317 g/mol. The van der Waals surface area contributed by atoms with E-state index in [0.29, 0.717) is 16.2 Å². The van der Waals surface area contributed by atoms with Crippen LogP contribution < -0.4 is 10.9 Å². The van der Waals surface area contributed by atoms with Crippen molar-refractivity contribution >= 4 is 27.9 Å². The van der Waals surface area contributed by atoms with Gasteiger partial charge in [-0.2, -0.15) is 0 Å².